The third-order valence-electron chi connectivity index (χ3n) is 5.15. The fraction of sp³-hybridized carbons (Fsp3) is 0.273. The lowest BCUT2D eigenvalue weighted by Crippen LogP contribution is -2.40. The first-order chi connectivity index (χ1) is 16.4. The number of benzene rings is 2. The summed E-state index contributed by atoms with van der Waals surface area (Å²) in [5.74, 6) is -0.546. The molecule has 2 heterocycles. The number of nitrogens with zero attached hydrogens (tertiary/aromatic N) is 4. The van der Waals surface area contributed by atoms with Crippen molar-refractivity contribution in [3.05, 3.63) is 64.5 Å². The van der Waals surface area contributed by atoms with Gasteiger partial charge in [-0.05, 0) is 35.9 Å². The van der Waals surface area contributed by atoms with Crippen molar-refractivity contribution in [3.63, 3.8) is 0 Å². The van der Waals surface area contributed by atoms with Crippen LogP contribution in [0.3, 0.4) is 0 Å². The number of hydrogen-bond donors (Lipinski definition) is 0. The molecule has 0 aliphatic carbocycles. The van der Waals surface area contributed by atoms with E-state index >= 15 is 0 Å². The zero-order valence-corrected chi connectivity index (χ0v) is 19.1. The van der Waals surface area contributed by atoms with Gasteiger partial charge in [0, 0.05) is 19.2 Å². The van der Waals surface area contributed by atoms with Gasteiger partial charge in [0.15, 0.2) is 6.73 Å². The van der Waals surface area contributed by atoms with E-state index in [-0.39, 0.29) is 23.7 Å². The molecule has 0 amide bonds. The van der Waals surface area contributed by atoms with Crippen LogP contribution in [0.4, 0.5) is 0 Å². The highest BCUT2D eigenvalue weighted by atomic mass is 32.2. The molecule has 0 radical (unpaired) electrons. The third-order valence-corrected chi connectivity index (χ3v) is 7.07. The van der Waals surface area contributed by atoms with Crippen molar-refractivity contribution >= 4 is 33.0 Å². The average Bonchev–Trinajstić information content (AvgIpc) is 2.87. The Labute approximate surface area is 195 Å². The predicted molar refractivity (Wildman–Crippen MR) is 121 cm³/mol. The summed E-state index contributed by atoms with van der Waals surface area (Å²) >= 11 is 0. The van der Waals surface area contributed by atoms with Crippen LogP contribution < -0.4 is 10.3 Å². The number of sulfonamides is 1. The Bertz CT molecular complexity index is 1400. The zero-order valence-electron chi connectivity index (χ0n) is 18.3. The van der Waals surface area contributed by atoms with Crippen molar-refractivity contribution in [1.29, 1.82) is 0 Å². The molecule has 0 bridgehead atoms. The van der Waals surface area contributed by atoms with Crippen LogP contribution in [0.1, 0.15) is 5.56 Å². The molecule has 0 unspecified atom stereocenters. The van der Waals surface area contributed by atoms with Crippen molar-refractivity contribution in [3.8, 4) is 5.75 Å². The van der Waals surface area contributed by atoms with Gasteiger partial charge in [-0.2, -0.15) is 8.99 Å². The second-order valence-corrected chi connectivity index (χ2v) is 9.17. The van der Waals surface area contributed by atoms with Crippen molar-refractivity contribution < 1.29 is 27.4 Å². The van der Waals surface area contributed by atoms with Gasteiger partial charge in [0.1, 0.15) is 16.2 Å². The lowest BCUT2D eigenvalue weighted by Gasteiger charge is -2.26. The second-order valence-electron chi connectivity index (χ2n) is 7.26. The molecule has 178 valence electrons. The van der Waals surface area contributed by atoms with E-state index in [1.54, 1.807) is 30.3 Å². The van der Waals surface area contributed by atoms with Crippen LogP contribution in [-0.2, 0) is 31.0 Å². The molecule has 4 rings (SSSR count). The highest BCUT2D eigenvalue weighted by Crippen LogP contribution is 2.28. The molecule has 3 aromatic rings. The molecule has 1 aliphatic rings. The average molecular weight is 487 g/mol. The number of esters is 1. The first-order valence-corrected chi connectivity index (χ1v) is 11.8. The van der Waals surface area contributed by atoms with E-state index in [1.165, 1.54) is 29.6 Å². The SMILES string of the molecule is COc1ccc(C=CC(=O)OCn2nnc3ccccc3c2=O)cc1S(=O)(=O)N1CCOCC1. The van der Waals surface area contributed by atoms with E-state index in [2.05, 4.69) is 10.3 Å². The zero-order chi connectivity index (χ0) is 24.1. The standard InChI is InChI=1S/C22H22N4O7S/c1-31-19-8-6-16(14-20(19)34(29,30)25-10-12-32-13-11-25)7-9-21(27)33-15-26-22(28)17-4-2-3-5-18(17)23-24-26/h2-9,14H,10-13,15H2,1H3. The van der Waals surface area contributed by atoms with Crippen LogP contribution in [0.5, 0.6) is 5.75 Å². The maximum absolute atomic E-state index is 13.1. The minimum absolute atomic E-state index is 0.00888. The lowest BCUT2D eigenvalue weighted by molar-refractivity contribution is -0.141. The molecule has 0 atom stereocenters. The summed E-state index contributed by atoms with van der Waals surface area (Å²) in [4.78, 5) is 24.6. The minimum Gasteiger partial charge on any atom is -0.495 e. The number of ether oxygens (including phenoxy) is 3. The van der Waals surface area contributed by atoms with E-state index in [1.807, 2.05) is 0 Å². The first kappa shape index (κ1) is 23.5. The van der Waals surface area contributed by atoms with Crippen LogP contribution in [0.15, 0.2) is 58.2 Å². The summed E-state index contributed by atoms with van der Waals surface area (Å²) in [6, 6.07) is 11.3. The predicted octanol–water partition coefficient (Wildman–Crippen LogP) is 1.04. The molecule has 0 spiro atoms. The van der Waals surface area contributed by atoms with Gasteiger partial charge in [0.2, 0.25) is 10.0 Å². The van der Waals surface area contributed by atoms with Gasteiger partial charge in [-0.1, -0.05) is 23.4 Å². The van der Waals surface area contributed by atoms with Crippen LogP contribution in [-0.4, -0.2) is 67.1 Å². The minimum atomic E-state index is -3.81. The maximum Gasteiger partial charge on any atom is 0.332 e. The topological polar surface area (TPSA) is 130 Å². The fourth-order valence-electron chi connectivity index (χ4n) is 3.37. The van der Waals surface area contributed by atoms with Gasteiger partial charge >= 0.3 is 5.97 Å². The Morgan fingerprint density at radius 3 is 2.71 bits per heavy atom. The Kier molecular flexibility index (Phi) is 7.01. The number of methoxy groups -OCH3 is 1. The summed E-state index contributed by atoms with van der Waals surface area (Å²) in [7, 11) is -2.42. The monoisotopic (exact) mass is 486 g/mol. The van der Waals surface area contributed by atoms with Crippen LogP contribution in [0.25, 0.3) is 17.0 Å². The summed E-state index contributed by atoms with van der Waals surface area (Å²) in [6.45, 7) is 0.707. The van der Waals surface area contributed by atoms with Crippen molar-refractivity contribution in [2.75, 3.05) is 33.4 Å². The van der Waals surface area contributed by atoms with Gasteiger partial charge < -0.3 is 14.2 Å². The van der Waals surface area contributed by atoms with Crippen molar-refractivity contribution in [2.45, 2.75) is 11.6 Å². The number of carbonyl (C=O) groups excluding carboxylic acids is 1. The highest BCUT2D eigenvalue weighted by molar-refractivity contribution is 7.89. The first-order valence-electron chi connectivity index (χ1n) is 10.3. The number of rotatable bonds is 7. The smallest absolute Gasteiger partial charge is 0.332 e. The summed E-state index contributed by atoms with van der Waals surface area (Å²) in [5.41, 5.74) is 0.458. The largest absolute Gasteiger partial charge is 0.495 e. The normalized spacial score (nSPS) is 15.0. The number of aromatic nitrogens is 3. The maximum atomic E-state index is 13.1. The van der Waals surface area contributed by atoms with Gasteiger partial charge in [-0.25, -0.2) is 13.2 Å². The number of morpholine rings is 1. The van der Waals surface area contributed by atoms with Gasteiger partial charge in [-0.3, -0.25) is 4.79 Å². The second kappa shape index (κ2) is 10.1. The molecule has 1 aliphatic heterocycles. The number of carbonyl (C=O) groups is 1. The molecule has 1 fully saturated rings. The van der Waals surface area contributed by atoms with Gasteiger partial charge in [0.25, 0.3) is 5.56 Å². The Morgan fingerprint density at radius 1 is 1.18 bits per heavy atom. The molecule has 12 heteroatoms. The van der Waals surface area contributed by atoms with Gasteiger partial charge in [-0.15, -0.1) is 5.10 Å². The van der Waals surface area contributed by atoms with E-state index in [0.29, 0.717) is 29.7 Å². The Hall–Kier alpha value is -3.61. The van der Waals surface area contributed by atoms with E-state index in [4.69, 9.17) is 14.2 Å². The fourth-order valence-corrected chi connectivity index (χ4v) is 4.97. The number of hydrogen-bond acceptors (Lipinski definition) is 9. The van der Waals surface area contributed by atoms with E-state index < -0.39 is 28.3 Å². The van der Waals surface area contributed by atoms with Gasteiger partial charge in [0.05, 0.1) is 25.7 Å². The quantitative estimate of drug-likeness (QED) is 0.355. The molecule has 1 saturated heterocycles. The molecule has 0 N–H and O–H groups in total. The van der Waals surface area contributed by atoms with Crippen molar-refractivity contribution in [2.24, 2.45) is 0 Å². The number of fused-ring (bicyclic) bond motifs is 1. The molecule has 1 aromatic heterocycles. The molecule has 34 heavy (non-hydrogen) atoms. The molecule has 11 nitrogen and oxygen atoms in total. The summed E-state index contributed by atoms with van der Waals surface area (Å²) in [5, 5.41) is 8.04. The van der Waals surface area contributed by atoms with Crippen molar-refractivity contribution in [1.82, 2.24) is 19.3 Å². The van der Waals surface area contributed by atoms with Crippen LogP contribution in [0.2, 0.25) is 0 Å². The lowest BCUT2D eigenvalue weighted by atomic mass is 10.2. The van der Waals surface area contributed by atoms with Crippen LogP contribution in [0, 0.1) is 0 Å². The summed E-state index contributed by atoms with van der Waals surface area (Å²) < 4.78 is 44.0. The Morgan fingerprint density at radius 2 is 1.94 bits per heavy atom. The molecular weight excluding hydrogens is 464 g/mol. The molecule has 0 saturated carbocycles. The van der Waals surface area contributed by atoms with E-state index in [0.717, 1.165) is 10.8 Å². The molecular formula is C22H22N4O7S. The Balaban J connectivity index is 1.48. The van der Waals surface area contributed by atoms with Crippen LogP contribution >= 0.6 is 0 Å². The third kappa shape index (κ3) is 4.98. The highest BCUT2D eigenvalue weighted by Gasteiger charge is 2.29. The summed E-state index contributed by atoms with van der Waals surface area (Å²) in [6.07, 6.45) is 2.54. The molecule has 2 aromatic carbocycles. The van der Waals surface area contributed by atoms with E-state index in [9.17, 15) is 18.0 Å².